The van der Waals surface area contributed by atoms with Gasteiger partial charge >= 0.3 is 0 Å². The predicted molar refractivity (Wildman–Crippen MR) is 115 cm³/mol. The van der Waals surface area contributed by atoms with Crippen molar-refractivity contribution in [2.45, 2.75) is 25.1 Å². The van der Waals surface area contributed by atoms with E-state index in [4.69, 9.17) is 4.74 Å². The van der Waals surface area contributed by atoms with E-state index >= 15 is 0 Å². The van der Waals surface area contributed by atoms with Crippen LogP contribution in [-0.4, -0.2) is 58.5 Å². The number of fused-ring (bicyclic) bond motifs is 1. The van der Waals surface area contributed by atoms with Crippen LogP contribution in [0, 0.1) is 0 Å². The third-order valence-corrected chi connectivity index (χ3v) is 5.73. The number of piperidine rings is 1. The number of rotatable bonds is 5. The fourth-order valence-corrected chi connectivity index (χ4v) is 4.01. The number of aromatic nitrogens is 5. The van der Waals surface area contributed by atoms with Gasteiger partial charge in [0.05, 0.1) is 29.9 Å². The smallest absolute Gasteiger partial charge is 0.227 e. The number of hydrogen-bond donors (Lipinski definition) is 3. The minimum atomic E-state index is 0.0245. The molecule has 10 nitrogen and oxygen atoms in total. The number of hydrogen-bond acceptors (Lipinski definition) is 9. The van der Waals surface area contributed by atoms with E-state index in [0.717, 1.165) is 60.5 Å². The van der Waals surface area contributed by atoms with Gasteiger partial charge in [-0.1, -0.05) is 0 Å². The fourth-order valence-electron chi connectivity index (χ4n) is 4.01. The standard InChI is InChI=1S/C20H25N9O/c1-28-16-12-22-18(9-15(16)25-19(28)13-10-23-24-11-13)26-17-3-6-21-20(27-17)29-7-4-14(30-2)5-8-29/h3,6,9-12,14,19,25H,4-5,7-8H2,1-2H3,(H,23,24)(H,21,22,26,27). The fraction of sp³-hybridized carbons (Fsp3) is 0.400. The lowest BCUT2D eigenvalue weighted by Gasteiger charge is -2.31. The van der Waals surface area contributed by atoms with Crippen LogP contribution >= 0.6 is 0 Å². The van der Waals surface area contributed by atoms with Gasteiger partial charge in [-0.3, -0.25) is 5.10 Å². The summed E-state index contributed by atoms with van der Waals surface area (Å²) in [5, 5.41) is 13.7. The molecule has 0 bridgehead atoms. The number of methoxy groups -OCH3 is 1. The van der Waals surface area contributed by atoms with Gasteiger partial charge in [0.1, 0.15) is 17.8 Å². The van der Waals surface area contributed by atoms with Gasteiger partial charge in [-0.2, -0.15) is 10.1 Å². The second kappa shape index (κ2) is 7.79. The van der Waals surface area contributed by atoms with E-state index in [1.54, 1.807) is 13.3 Å². The number of pyridine rings is 1. The molecule has 0 aromatic carbocycles. The van der Waals surface area contributed by atoms with E-state index in [2.05, 4.69) is 45.6 Å². The van der Waals surface area contributed by atoms with Crippen molar-refractivity contribution in [3.8, 4) is 0 Å². The maximum atomic E-state index is 5.45. The number of nitrogens with zero attached hydrogens (tertiary/aromatic N) is 6. The third-order valence-electron chi connectivity index (χ3n) is 5.73. The van der Waals surface area contributed by atoms with Crippen LogP contribution in [0.1, 0.15) is 24.6 Å². The van der Waals surface area contributed by atoms with Gasteiger partial charge in [-0.25, -0.2) is 9.97 Å². The first kappa shape index (κ1) is 18.6. The average molecular weight is 407 g/mol. The third kappa shape index (κ3) is 3.50. The van der Waals surface area contributed by atoms with E-state index in [9.17, 15) is 0 Å². The molecule has 0 aliphatic carbocycles. The van der Waals surface area contributed by atoms with Crippen molar-refractivity contribution >= 4 is 29.0 Å². The lowest BCUT2D eigenvalue weighted by molar-refractivity contribution is 0.0816. The molecule has 3 N–H and O–H groups in total. The Morgan fingerprint density at radius 1 is 1.17 bits per heavy atom. The first-order chi connectivity index (χ1) is 14.7. The summed E-state index contributed by atoms with van der Waals surface area (Å²) in [4.78, 5) is 18.0. The molecular formula is C20H25N9O. The molecule has 2 aliphatic rings. The summed E-state index contributed by atoms with van der Waals surface area (Å²) in [6.45, 7) is 1.79. The number of ether oxygens (including phenoxy) is 1. The summed E-state index contributed by atoms with van der Waals surface area (Å²) in [5.74, 6) is 2.18. The van der Waals surface area contributed by atoms with Crippen molar-refractivity contribution in [3.05, 3.63) is 42.5 Å². The summed E-state index contributed by atoms with van der Waals surface area (Å²) in [6, 6.07) is 3.85. The summed E-state index contributed by atoms with van der Waals surface area (Å²) < 4.78 is 5.45. The maximum absolute atomic E-state index is 5.45. The summed E-state index contributed by atoms with van der Waals surface area (Å²) >= 11 is 0. The van der Waals surface area contributed by atoms with Crippen molar-refractivity contribution in [1.82, 2.24) is 25.1 Å². The minimum absolute atomic E-state index is 0.0245. The molecule has 0 saturated carbocycles. The van der Waals surface area contributed by atoms with Gasteiger partial charge < -0.3 is 25.2 Å². The topological polar surface area (TPSA) is 107 Å². The molecule has 0 radical (unpaired) electrons. The Morgan fingerprint density at radius 2 is 2.03 bits per heavy atom. The highest BCUT2D eigenvalue weighted by Gasteiger charge is 2.28. The monoisotopic (exact) mass is 407 g/mol. The van der Waals surface area contributed by atoms with Gasteiger partial charge in [0.15, 0.2) is 0 Å². The predicted octanol–water partition coefficient (Wildman–Crippen LogP) is 2.51. The second-order valence-electron chi connectivity index (χ2n) is 7.57. The van der Waals surface area contributed by atoms with Gasteiger partial charge in [-0.05, 0) is 18.9 Å². The zero-order valence-corrected chi connectivity index (χ0v) is 17.0. The normalized spacial score (nSPS) is 18.9. The van der Waals surface area contributed by atoms with Crippen LogP contribution in [0.5, 0.6) is 0 Å². The Labute approximate surface area is 174 Å². The number of nitrogens with one attached hydrogen (secondary N) is 3. The van der Waals surface area contributed by atoms with Crippen LogP contribution in [0.3, 0.4) is 0 Å². The van der Waals surface area contributed by atoms with E-state index < -0.39 is 0 Å². The van der Waals surface area contributed by atoms with Crippen molar-refractivity contribution in [2.24, 2.45) is 0 Å². The van der Waals surface area contributed by atoms with Crippen molar-refractivity contribution in [2.75, 3.05) is 47.7 Å². The summed E-state index contributed by atoms with van der Waals surface area (Å²) in [5.41, 5.74) is 3.12. The van der Waals surface area contributed by atoms with Crippen LogP contribution in [0.25, 0.3) is 0 Å². The lowest BCUT2D eigenvalue weighted by atomic mass is 10.1. The number of aromatic amines is 1. The van der Waals surface area contributed by atoms with E-state index in [1.807, 2.05) is 37.8 Å². The molecule has 10 heteroatoms. The molecule has 1 unspecified atom stereocenters. The first-order valence-electron chi connectivity index (χ1n) is 10.1. The van der Waals surface area contributed by atoms with E-state index in [-0.39, 0.29) is 6.17 Å². The molecule has 3 aromatic heterocycles. The highest BCUT2D eigenvalue weighted by atomic mass is 16.5. The molecule has 30 heavy (non-hydrogen) atoms. The molecular weight excluding hydrogens is 382 g/mol. The molecule has 1 fully saturated rings. The molecule has 5 heterocycles. The van der Waals surface area contributed by atoms with Gasteiger partial charge in [0, 0.05) is 51.3 Å². The van der Waals surface area contributed by atoms with Crippen molar-refractivity contribution in [1.29, 1.82) is 0 Å². The van der Waals surface area contributed by atoms with E-state index in [1.165, 1.54) is 0 Å². The first-order valence-corrected chi connectivity index (χ1v) is 10.1. The zero-order valence-electron chi connectivity index (χ0n) is 17.0. The molecule has 0 spiro atoms. The average Bonchev–Trinajstić information content (AvgIpc) is 3.42. The largest absolute Gasteiger partial charge is 0.381 e. The van der Waals surface area contributed by atoms with Crippen LogP contribution in [0.4, 0.5) is 29.0 Å². The molecule has 2 aliphatic heterocycles. The highest BCUT2D eigenvalue weighted by molar-refractivity contribution is 5.78. The summed E-state index contributed by atoms with van der Waals surface area (Å²) in [7, 11) is 3.81. The van der Waals surface area contributed by atoms with Crippen LogP contribution in [0.15, 0.2) is 36.9 Å². The quantitative estimate of drug-likeness (QED) is 0.588. The molecule has 0 amide bonds. The SMILES string of the molecule is COC1CCN(c2nccc(Nc3cc4c(cn3)N(C)C(c3cn[nH]c3)N4)n2)CC1. The molecule has 1 saturated heterocycles. The van der Waals surface area contributed by atoms with Crippen LogP contribution in [0.2, 0.25) is 0 Å². The van der Waals surface area contributed by atoms with Crippen LogP contribution in [-0.2, 0) is 4.74 Å². The Morgan fingerprint density at radius 3 is 2.80 bits per heavy atom. The Hall–Kier alpha value is -3.40. The molecule has 156 valence electrons. The van der Waals surface area contributed by atoms with Crippen LogP contribution < -0.4 is 20.4 Å². The Bertz CT molecular complexity index is 1000. The highest BCUT2D eigenvalue weighted by Crippen LogP contribution is 2.40. The van der Waals surface area contributed by atoms with Crippen molar-refractivity contribution < 1.29 is 4.74 Å². The van der Waals surface area contributed by atoms with Gasteiger partial charge in [0.25, 0.3) is 0 Å². The second-order valence-corrected chi connectivity index (χ2v) is 7.57. The lowest BCUT2D eigenvalue weighted by Crippen LogP contribution is -2.37. The Kier molecular flexibility index (Phi) is 4.83. The van der Waals surface area contributed by atoms with Crippen molar-refractivity contribution in [3.63, 3.8) is 0 Å². The molecule has 1 atom stereocenters. The number of anilines is 5. The summed E-state index contributed by atoms with van der Waals surface area (Å²) in [6.07, 6.45) is 9.69. The Balaban J connectivity index is 1.30. The maximum Gasteiger partial charge on any atom is 0.227 e. The van der Waals surface area contributed by atoms with Gasteiger partial charge in [0.2, 0.25) is 5.95 Å². The molecule has 3 aromatic rings. The molecule has 5 rings (SSSR count). The van der Waals surface area contributed by atoms with Gasteiger partial charge in [-0.15, -0.1) is 0 Å². The van der Waals surface area contributed by atoms with E-state index in [0.29, 0.717) is 6.10 Å². The zero-order chi connectivity index (χ0) is 20.5. The number of H-pyrrole nitrogens is 1. The minimum Gasteiger partial charge on any atom is -0.381 e.